The zero-order valence-electron chi connectivity index (χ0n) is 10.5. The van der Waals surface area contributed by atoms with Gasteiger partial charge in [-0.15, -0.1) is 0 Å². The van der Waals surface area contributed by atoms with Crippen molar-refractivity contribution in [2.24, 2.45) is 11.1 Å². The van der Waals surface area contributed by atoms with E-state index in [-0.39, 0.29) is 5.82 Å². The molecule has 98 valence electrons. The summed E-state index contributed by atoms with van der Waals surface area (Å²) >= 11 is 0. The molecule has 0 unspecified atom stereocenters. The highest BCUT2D eigenvalue weighted by atomic mass is 19.1. The number of hydrogen-bond acceptors (Lipinski definition) is 3. The van der Waals surface area contributed by atoms with Crippen LogP contribution in [-0.2, 0) is 0 Å². The van der Waals surface area contributed by atoms with Crippen molar-refractivity contribution >= 4 is 5.71 Å². The van der Waals surface area contributed by atoms with Gasteiger partial charge in [0.25, 0.3) is 0 Å². The van der Waals surface area contributed by atoms with Crippen LogP contribution in [0.2, 0.25) is 0 Å². The topological polar surface area (TPSA) is 41.8 Å². The third kappa shape index (κ3) is 3.00. The van der Waals surface area contributed by atoms with Gasteiger partial charge in [-0.1, -0.05) is 18.0 Å². The molecule has 4 heteroatoms. The van der Waals surface area contributed by atoms with Gasteiger partial charge < -0.3 is 9.94 Å². The van der Waals surface area contributed by atoms with Crippen molar-refractivity contribution in [3.63, 3.8) is 0 Å². The van der Waals surface area contributed by atoms with Gasteiger partial charge in [-0.05, 0) is 37.8 Å². The van der Waals surface area contributed by atoms with Gasteiger partial charge in [0.1, 0.15) is 11.6 Å². The molecular weight excluding hydrogens is 233 g/mol. The molecule has 0 saturated heterocycles. The standard InChI is InChI=1S/C14H18FNO2/c1-10(16-17)13-7-6-12(15)8-14(13)18-9-11-4-2-3-5-11/h6-8,11,17H,2-5,9H2,1H3. The summed E-state index contributed by atoms with van der Waals surface area (Å²) in [5.41, 5.74) is 1.06. The number of ether oxygens (including phenoxy) is 1. The molecule has 1 saturated carbocycles. The van der Waals surface area contributed by atoms with E-state index in [1.54, 1.807) is 13.0 Å². The van der Waals surface area contributed by atoms with Gasteiger partial charge in [-0.2, -0.15) is 0 Å². The first-order chi connectivity index (χ1) is 8.70. The Balaban J connectivity index is 2.11. The molecule has 0 heterocycles. The largest absolute Gasteiger partial charge is 0.492 e. The van der Waals surface area contributed by atoms with E-state index in [9.17, 15) is 4.39 Å². The van der Waals surface area contributed by atoms with E-state index >= 15 is 0 Å². The van der Waals surface area contributed by atoms with Gasteiger partial charge >= 0.3 is 0 Å². The lowest BCUT2D eigenvalue weighted by Gasteiger charge is -2.14. The van der Waals surface area contributed by atoms with Gasteiger partial charge in [0.05, 0.1) is 12.3 Å². The zero-order valence-corrected chi connectivity index (χ0v) is 10.5. The van der Waals surface area contributed by atoms with Crippen molar-refractivity contribution in [1.29, 1.82) is 0 Å². The highest BCUT2D eigenvalue weighted by Crippen LogP contribution is 2.27. The molecule has 1 aromatic rings. The second-order valence-corrected chi connectivity index (χ2v) is 4.79. The van der Waals surface area contributed by atoms with E-state index in [2.05, 4.69) is 5.16 Å². The van der Waals surface area contributed by atoms with Crippen LogP contribution in [0.4, 0.5) is 4.39 Å². The molecule has 1 aromatic carbocycles. The molecule has 0 bridgehead atoms. The minimum atomic E-state index is -0.342. The van der Waals surface area contributed by atoms with Crippen LogP contribution in [0.15, 0.2) is 23.4 Å². The van der Waals surface area contributed by atoms with E-state index < -0.39 is 0 Å². The van der Waals surface area contributed by atoms with Crippen molar-refractivity contribution in [3.8, 4) is 5.75 Å². The van der Waals surface area contributed by atoms with Crippen LogP contribution < -0.4 is 4.74 Å². The predicted octanol–water partition coefficient (Wildman–Crippen LogP) is 3.59. The summed E-state index contributed by atoms with van der Waals surface area (Å²) in [5.74, 6) is 0.676. The van der Waals surface area contributed by atoms with Gasteiger partial charge in [-0.3, -0.25) is 0 Å². The quantitative estimate of drug-likeness (QED) is 0.504. The lowest BCUT2D eigenvalue weighted by atomic mass is 10.1. The van der Waals surface area contributed by atoms with Crippen LogP contribution in [0.3, 0.4) is 0 Å². The lowest BCUT2D eigenvalue weighted by Crippen LogP contribution is -2.10. The van der Waals surface area contributed by atoms with Crippen LogP contribution in [0.1, 0.15) is 38.2 Å². The minimum Gasteiger partial charge on any atom is -0.492 e. The number of halogens is 1. The fourth-order valence-corrected chi connectivity index (χ4v) is 2.35. The highest BCUT2D eigenvalue weighted by Gasteiger charge is 2.17. The molecule has 2 rings (SSSR count). The number of rotatable bonds is 4. The summed E-state index contributed by atoms with van der Waals surface area (Å²) < 4.78 is 18.9. The first-order valence-corrected chi connectivity index (χ1v) is 6.32. The fourth-order valence-electron chi connectivity index (χ4n) is 2.35. The van der Waals surface area contributed by atoms with Crippen molar-refractivity contribution in [1.82, 2.24) is 0 Å². The van der Waals surface area contributed by atoms with E-state index in [4.69, 9.17) is 9.94 Å². The number of nitrogens with zero attached hydrogens (tertiary/aromatic N) is 1. The average Bonchev–Trinajstić information content (AvgIpc) is 2.88. The Morgan fingerprint density at radius 2 is 2.17 bits per heavy atom. The highest BCUT2D eigenvalue weighted by molar-refractivity contribution is 6.00. The Hall–Kier alpha value is -1.58. The van der Waals surface area contributed by atoms with Crippen molar-refractivity contribution in [2.75, 3.05) is 6.61 Å². The van der Waals surface area contributed by atoms with Crippen LogP contribution in [0.25, 0.3) is 0 Å². The Labute approximate surface area is 106 Å². The maximum atomic E-state index is 13.2. The van der Waals surface area contributed by atoms with Crippen LogP contribution in [0, 0.1) is 11.7 Å². The Bertz CT molecular complexity index is 439. The zero-order chi connectivity index (χ0) is 13.0. The third-order valence-corrected chi connectivity index (χ3v) is 3.43. The van der Waals surface area contributed by atoms with E-state index in [0.29, 0.717) is 29.5 Å². The summed E-state index contributed by atoms with van der Waals surface area (Å²) in [6.45, 7) is 2.27. The van der Waals surface area contributed by atoms with Crippen molar-refractivity contribution < 1.29 is 14.3 Å². The SMILES string of the molecule is CC(=NO)c1ccc(F)cc1OCC1CCCC1. The van der Waals surface area contributed by atoms with Gasteiger partial charge in [-0.25, -0.2) is 4.39 Å². The predicted molar refractivity (Wildman–Crippen MR) is 67.9 cm³/mol. The Morgan fingerprint density at radius 3 is 2.83 bits per heavy atom. The van der Waals surface area contributed by atoms with Crippen molar-refractivity contribution in [2.45, 2.75) is 32.6 Å². The summed E-state index contributed by atoms with van der Waals surface area (Å²) in [6.07, 6.45) is 4.86. The average molecular weight is 251 g/mol. The molecule has 18 heavy (non-hydrogen) atoms. The Morgan fingerprint density at radius 1 is 1.44 bits per heavy atom. The van der Waals surface area contributed by atoms with E-state index in [1.807, 2.05) is 0 Å². The summed E-state index contributed by atoms with van der Waals surface area (Å²) in [7, 11) is 0. The molecule has 0 aliphatic heterocycles. The summed E-state index contributed by atoms with van der Waals surface area (Å²) in [5, 5.41) is 11.9. The molecule has 0 aromatic heterocycles. The number of hydrogen-bond donors (Lipinski definition) is 1. The fraction of sp³-hybridized carbons (Fsp3) is 0.500. The molecule has 1 aliphatic carbocycles. The first kappa shape index (κ1) is 12.9. The second-order valence-electron chi connectivity index (χ2n) is 4.79. The molecule has 0 amide bonds. The minimum absolute atomic E-state index is 0.342. The van der Waals surface area contributed by atoms with Gasteiger partial charge in [0.15, 0.2) is 0 Å². The normalized spacial score (nSPS) is 17.1. The number of benzene rings is 1. The first-order valence-electron chi connectivity index (χ1n) is 6.32. The molecular formula is C14H18FNO2. The summed E-state index contributed by atoms with van der Waals surface area (Å²) in [6, 6.07) is 4.26. The molecule has 0 atom stereocenters. The molecule has 1 N–H and O–H groups in total. The monoisotopic (exact) mass is 251 g/mol. The van der Waals surface area contributed by atoms with Crippen molar-refractivity contribution in [3.05, 3.63) is 29.6 Å². The lowest BCUT2D eigenvalue weighted by molar-refractivity contribution is 0.250. The maximum absolute atomic E-state index is 13.2. The smallest absolute Gasteiger partial charge is 0.131 e. The van der Waals surface area contributed by atoms with Crippen LogP contribution in [-0.4, -0.2) is 17.5 Å². The molecule has 1 aliphatic rings. The molecule has 1 fully saturated rings. The Kier molecular flexibility index (Phi) is 4.18. The molecule has 0 spiro atoms. The van der Waals surface area contributed by atoms with Crippen LogP contribution in [0.5, 0.6) is 5.75 Å². The molecule has 3 nitrogen and oxygen atoms in total. The number of oxime groups is 1. The van der Waals surface area contributed by atoms with Crippen LogP contribution >= 0.6 is 0 Å². The second kappa shape index (κ2) is 5.85. The van der Waals surface area contributed by atoms with Gasteiger partial charge in [0, 0.05) is 11.6 Å². The van der Waals surface area contributed by atoms with Gasteiger partial charge in [0.2, 0.25) is 0 Å². The summed E-state index contributed by atoms with van der Waals surface area (Å²) in [4.78, 5) is 0. The maximum Gasteiger partial charge on any atom is 0.131 e. The van der Waals surface area contributed by atoms with E-state index in [1.165, 1.54) is 37.8 Å². The third-order valence-electron chi connectivity index (χ3n) is 3.43. The molecule has 0 radical (unpaired) electrons. The van der Waals surface area contributed by atoms with E-state index in [0.717, 1.165) is 0 Å².